The van der Waals surface area contributed by atoms with Crippen LogP contribution in [-0.4, -0.2) is 25.6 Å². The fraction of sp³-hybridized carbons (Fsp3) is 0.552. The minimum absolute atomic E-state index is 0.00418. The standard InChI is InChI=1S/C29H34O3/c1-5-15-29(32-4)16-14-26-24-12-8-20-17-21(30)9-13-23(20)27(24)25(18-28(26,29)2)19-6-10-22(31-3)11-7-19/h6-7,10-11,17,24-26H,8-9,12-14,16,18H2,1-4H3/t24-,25+,26-,28?,29-/m0/s1. The SMILES string of the molecule is CC#C[C@]1(OC)CC[C@H]2[C@@H]3CCC4=CC(=O)CCC4=C3[C@@H](c3ccc(OC)cc3)CC21C. The third kappa shape index (κ3) is 3.03. The van der Waals surface area contributed by atoms with Gasteiger partial charge in [0, 0.05) is 24.9 Å². The lowest BCUT2D eigenvalue weighted by molar-refractivity contribution is -0.114. The largest absolute Gasteiger partial charge is 0.497 e. The summed E-state index contributed by atoms with van der Waals surface area (Å²) in [5.41, 5.74) is 5.36. The van der Waals surface area contributed by atoms with Gasteiger partial charge in [0.05, 0.1) is 7.11 Å². The van der Waals surface area contributed by atoms with E-state index in [-0.39, 0.29) is 11.0 Å². The molecule has 1 unspecified atom stereocenters. The molecule has 2 fully saturated rings. The van der Waals surface area contributed by atoms with Gasteiger partial charge in [0.2, 0.25) is 0 Å². The van der Waals surface area contributed by atoms with Crippen LogP contribution in [0.3, 0.4) is 0 Å². The highest BCUT2D eigenvalue weighted by molar-refractivity contribution is 5.93. The van der Waals surface area contributed by atoms with Crippen molar-refractivity contribution in [3.8, 4) is 17.6 Å². The third-order valence-corrected chi connectivity index (χ3v) is 9.05. The van der Waals surface area contributed by atoms with Crippen LogP contribution < -0.4 is 4.74 Å². The number of hydrogen-bond acceptors (Lipinski definition) is 3. The molecule has 0 aliphatic heterocycles. The zero-order valence-electron chi connectivity index (χ0n) is 19.8. The molecule has 1 aromatic carbocycles. The van der Waals surface area contributed by atoms with Crippen molar-refractivity contribution in [1.29, 1.82) is 0 Å². The highest BCUT2D eigenvalue weighted by Gasteiger charge is 2.63. The van der Waals surface area contributed by atoms with Crippen molar-refractivity contribution >= 4 is 5.78 Å². The van der Waals surface area contributed by atoms with Crippen LogP contribution in [-0.2, 0) is 9.53 Å². The molecular formula is C29H34O3. The Morgan fingerprint density at radius 2 is 1.84 bits per heavy atom. The van der Waals surface area contributed by atoms with E-state index < -0.39 is 0 Å². The van der Waals surface area contributed by atoms with Crippen LogP contribution in [0.15, 0.2) is 47.1 Å². The van der Waals surface area contributed by atoms with E-state index >= 15 is 0 Å². The molecule has 0 saturated heterocycles. The maximum atomic E-state index is 12.2. The number of ether oxygens (including phenoxy) is 2. The van der Waals surface area contributed by atoms with Gasteiger partial charge < -0.3 is 9.47 Å². The number of methoxy groups -OCH3 is 2. The molecule has 2 saturated carbocycles. The Labute approximate surface area is 192 Å². The van der Waals surface area contributed by atoms with Gasteiger partial charge in [0.25, 0.3) is 0 Å². The number of ketones is 1. The Hall–Kier alpha value is -2.31. The van der Waals surface area contributed by atoms with Crippen molar-refractivity contribution in [1.82, 2.24) is 0 Å². The summed E-state index contributed by atoms with van der Waals surface area (Å²) in [6.07, 6.45) is 8.84. The van der Waals surface area contributed by atoms with E-state index in [0.717, 1.165) is 44.3 Å². The second-order valence-electron chi connectivity index (χ2n) is 10.2. The third-order valence-electron chi connectivity index (χ3n) is 9.05. The summed E-state index contributed by atoms with van der Waals surface area (Å²) in [7, 11) is 3.57. The van der Waals surface area contributed by atoms with Gasteiger partial charge in [-0.25, -0.2) is 0 Å². The number of benzene rings is 1. The van der Waals surface area contributed by atoms with Gasteiger partial charge in [0.15, 0.2) is 5.78 Å². The summed E-state index contributed by atoms with van der Waals surface area (Å²) < 4.78 is 11.7. The predicted molar refractivity (Wildman–Crippen MR) is 126 cm³/mol. The van der Waals surface area contributed by atoms with Gasteiger partial charge in [-0.1, -0.05) is 30.6 Å². The molecule has 0 radical (unpaired) electrons. The first-order valence-corrected chi connectivity index (χ1v) is 12.1. The molecule has 5 atom stereocenters. The normalized spacial score (nSPS) is 35.8. The van der Waals surface area contributed by atoms with Crippen molar-refractivity contribution in [2.24, 2.45) is 17.3 Å². The molecule has 4 aliphatic rings. The van der Waals surface area contributed by atoms with Gasteiger partial charge in [-0.3, -0.25) is 4.79 Å². The molecule has 168 valence electrons. The van der Waals surface area contributed by atoms with E-state index in [1.54, 1.807) is 12.7 Å². The maximum Gasteiger partial charge on any atom is 0.156 e. The number of carbonyl (C=O) groups excluding carboxylic acids is 1. The van der Waals surface area contributed by atoms with Crippen LogP contribution >= 0.6 is 0 Å². The molecule has 5 rings (SSSR count). The molecule has 0 heterocycles. The molecule has 3 heteroatoms. The number of rotatable bonds is 3. The number of carbonyl (C=O) groups is 1. The molecule has 1 aromatic rings. The Kier molecular flexibility index (Phi) is 5.33. The summed E-state index contributed by atoms with van der Waals surface area (Å²) in [5.74, 6) is 9.35. The predicted octanol–water partition coefficient (Wildman–Crippen LogP) is 6.00. The van der Waals surface area contributed by atoms with Gasteiger partial charge in [-0.2, -0.15) is 0 Å². The summed E-state index contributed by atoms with van der Waals surface area (Å²) in [6.45, 7) is 4.37. The van der Waals surface area contributed by atoms with Gasteiger partial charge >= 0.3 is 0 Å². The zero-order chi connectivity index (χ0) is 22.5. The van der Waals surface area contributed by atoms with Crippen LogP contribution in [0.5, 0.6) is 5.75 Å². The van der Waals surface area contributed by atoms with Crippen molar-refractivity contribution < 1.29 is 14.3 Å². The second-order valence-corrected chi connectivity index (χ2v) is 10.2. The van der Waals surface area contributed by atoms with E-state index in [2.05, 4.69) is 43.0 Å². The zero-order valence-corrected chi connectivity index (χ0v) is 19.8. The van der Waals surface area contributed by atoms with Crippen molar-refractivity contribution in [2.75, 3.05) is 14.2 Å². The molecule has 32 heavy (non-hydrogen) atoms. The summed E-state index contributed by atoms with van der Waals surface area (Å²) in [6, 6.07) is 8.63. The quantitative estimate of drug-likeness (QED) is 0.552. The van der Waals surface area contributed by atoms with E-state index in [4.69, 9.17) is 9.47 Å². The molecule has 3 nitrogen and oxygen atoms in total. The second kappa shape index (κ2) is 7.92. The van der Waals surface area contributed by atoms with Gasteiger partial charge in [0.1, 0.15) is 11.4 Å². The highest BCUT2D eigenvalue weighted by atomic mass is 16.5. The monoisotopic (exact) mass is 430 g/mol. The minimum atomic E-state index is -0.383. The van der Waals surface area contributed by atoms with Gasteiger partial charge in [-0.05, 0) is 92.2 Å². The van der Waals surface area contributed by atoms with E-state index in [0.29, 0.717) is 30.0 Å². The first-order valence-electron chi connectivity index (χ1n) is 12.1. The lowest BCUT2D eigenvalue weighted by Gasteiger charge is -2.54. The van der Waals surface area contributed by atoms with E-state index in [9.17, 15) is 4.79 Å². The first-order chi connectivity index (χ1) is 15.5. The fourth-order valence-electron chi connectivity index (χ4n) is 7.58. The van der Waals surface area contributed by atoms with Crippen LogP contribution in [0.4, 0.5) is 0 Å². The Balaban J connectivity index is 1.69. The van der Waals surface area contributed by atoms with Crippen molar-refractivity contribution in [2.45, 2.75) is 70.3 Å². The van der Waals surface area contributed by atoms with Crippen molar-refractivity contribution in [3.05, 3.63) is 52.6 Å². The van der Waals surface area contributed by atoms with E-state index in [1.807, 2.05) is 20.1 Å². The average molecular weight is 431 g/mol. The van der Waals surface area contributed by atoms with E-state index in [1.165, 1.54) is 16.7 Å². The molecule has 0 spiro atoms. The number of allylic oxidation sites excluding steroid dienone is 4. The molecule has 0 aromatic heterocycles. The minimum Gasteiger partial charge on any atom is -0.497 e. The molecule has 4 aliphatic carbocycles. The lowest BCUT2D eigenvalue weighted by Crippen LogP contribution is -2.52. The summed E-state index contributed by atoms with van der Waals surface area (Å²) in [5, 5.41) is 0. The van der Waals surface area contributed by atoms with Gasteiger partial charge in [-0.15, -0.1) is 5.92 Å². The molecule has 0 amide bonds. The van der Waals surface area contributed by atoms with Crippen LogP contribution in [0.2, 0.25) is 0 Å². The fourth-order valence-corrected chi connectivity index (χ4v) is 7.58. The average Bonchev–Trinajstić information content (AvgIpc) is 3.10. The summed E-state index contributed by atoms with van der Waals surface area (Å²) >= 11 is 0. The topological polar surface area (TPSA) is 35.5 Å². The Morgan fingerprint density at radius 3 is 2.53 bits per heavy atom. The molecule has 0 bridgehead atoms. The Morgan fingerprint density at radius 1 is 1.06 bits per heavy atom. The summed E-state index contributed by atoms with van der Waals surface area (Å²) in [4.78, 5) is 12.2. The van der Waals surface area contributed by atoms with Crippen molar-refractivity contribution in [3.63, 3.8) is 0 Å². The molecule has 0 N–H and O–H groups in total. The smallest absolute Gasteiger partial charge is 0.156 e. The highest BCUT2D eigenvalue weighted by Crippen LogP contribution is 2.67. The molecular weight excluding hydrogens is 396 g/mol. The van der Waals surface area contributed by atoms with Crippen LogP contribution in [0, 0.1) is 29.1 Å². The van der Waals surface area contributed by atoms with Crippen LogP contribution in [0.25, 0.3) is 0 Å². The first kappa shape index (κ1) is 21.5. The Bertz CT molecular complexity index is 1050. The van der Waals surface area contributed by atoms with Crippen LogP contribution in [0.1, 0.15) is 70.3 Å². The number of fused-ring (bicyclic) bond motifs is 4. The maximum absolute atomic E-state index is 12.2. The lowest BCUT2D eigenvalue weighted by atomic mass is 9.51. The number of hydrogen-bond donors (Lipinski definition) is 0.